The first-order valence-corrected chi connectivity index (χ1v) is 17.8. The summed E-state index contributed by atoms with van der Waals surface area (Å²) in [6.07, 6.45) is -6.41. The maximum Gasteiger partial charge on any atom is 0.407 e. The van der Waals surface area contributed by atoms with Gasteiger partial charge < -0.3 is 10.6 Å². The maximum absolute atomic E-state index is 14.1. The number of carbonyl (C=O) groups excluding carboxylic acids is 2. The van der Waals surface area contributed by atoms with Crippen molar-refractivity contribution in [3.63, 3.8) is 0 Å². The highest BCUT2D eigenvalue weighted by Crippen LogP contribution is 2.35. The predicted octanol–water partition coefficient (Wildman–Crippen LogP) is 6.94. The molecule has 0 aliphatic heterocycles. The summed E-state index contributed by atoms with van der Waals surface area (Å²) in [5, 5.41) is 6.11. The number of alkyl halides is 6. The highest BCUT2D eigenvalue weighted by atomic mass is 32.2. The van der Waals surface area contributed by atoms with Crippen molar-refractivity contribution in [3.05, 3.63) is 54.1 Å². The van der Waals surface area contributed by atoms with Gasteiger partial charge in [0, 0.05) is 6.26 Å². The molecule has 2 amide bonds. The monoisotopic (exact) mass is 701 g/mol. The molecule has 46 heavy (non-hydrogen) atoms. The van der Waals surface area contributed by atoms with Crippen molar-refractivity contribution < 1.29 is 44.3 Å². The molecule has 15 heteroatoms. The average molecular weight is 702 g/mol. The van der Waals surface area contributed by atoms with Gasteiger partial charge in [-0.05, 0) is 60.1 Å². The number of sulfone groups is 1. The van der Waals surface area contributed by atoms with E-state index in [2.05, 4.69) is 23.8 Å². The Balaban J connectivity index is 0.00000312. The fraction of sp³-hybridized carbons (Fsp3) is 0.548. The van der Waals surface area contributed by atoms with Gasteiger partial charge in [0.25, 0.3) is 0 Å². The first-order valence-electron chi connectivity index (χ1n) is 14.6. The van der Waals surface area contributed by atoms with Crippen LogP contribution in [0.1, 0.15) is 59.6 Å². The lowest BCUT2D eigenvalue weighted by atomic mass is 9.97. The average Bonchev–Trinajstić information content (AvgIpc) is 2.97. The molecule has 0 radical (unpaired) electrons. The summed E-state index contributed by atoms with van der Waals surface area (Å²) in [7, 11) is -3.42. The SMILES string of the molecule is CC.CC(C)C[C@H](NC(c1ccc(-c2ccc(S(C)(=O)=O)cc2)cc1)C(F)(F)F)C(=O)NC(C)C(=O)NCC(F)(F)F.CCSC. The molecular weight excluding hydrogens is 656 g/mol. The van der Waals surface area contributed by atoms with Crippen molar-refractivity contribution in [2.24, 2.45) is 5.92 Å². The molecule has 2 unspecified atom stereocenters. The lowest BCUT2D eigenvalue weighted by Crippen LogP contribution is -2.54. The van der Waals surface area contributed by atoms with Crippen LogP contribution < -0.4 is 16.0 Å². The molecule has 262 valence electrons. The zero-order chi connectivity index (χ0) is 35.9. The summed E-state index contributed by atoms with van der Waals surface area (Å²) in [5.41, 5.74) is 0.895. The number of carbonyl (C=O) groups is 2. The number of rotatable bonds is 12. The second-order valence-corrected chi connectivity index (χ2v) is 13.6. The smallest absolute Gasteiger partial charge is 0.345 e. The van der Waals surface area contributed by atoms with Crippen molar-refractivity contribution in [1.29, 1.82) is 0 Å². The molecule has 2 rings (SSSR count). The molecule has 0 aliphatic carbocycles. The molecule has 7 nitrogen and oxygen atoms in total. The predicted molar refractivity (Wildman–Crippen MR) is 172 cm³/mol. The maximum atomic E-state index is 14.1. The van der Waals surface area contributed by atoms with Gasteiger partial charge in [0.05, 0.1) is 10.9 Å². The molecular formula is C31H45F6N3O4S2. The van der Waals surface area contributed by atoms with Gasteiger partial charge in [-0.1, -0.05) is 71.0 Å². The molecule has 0 saturated carbocycles. The van der Waals surface area contributed by atoms with Gasteiger partial charge in [-0.15, -0.1) is 0 Å². The molecule has 2 aromatic carbocycles. The number of nitrogens with one attached hydrogen (secondary N) is 3. The summed E-state index contributed by atoms with van der Waals surface area (Å²) in [6.45, 7) is 9.00. The third-order valence-electron chi connectivity index (χ3n) is 6.08. The molecule has 3 N–H and O–H groups in total. The minimum Gasteiger partial charge on any atom is -0.345 e. The molecule has 0 bridgehead atoms. The number of hydrogen-bond acceptors (Lipinski definition) is 6. The number of hydrogen-bond donors (Lipinski definition) is 3. The van der Waals surface area contributed by atoms with Crippen molar-refractivity contribution in [2.75, 3.05) is 24.8 Å². The molecule has 0 spiro atoms. The van der Waals surface area contributed by atoms with Crippen LogP contribution in [0.15, 0.2) is 53.4 Å². The zero-order valence-corrected chi connectivity index (χ0v) is 28.9. The van der Waals surface area contributed by atoms with E-state index >= 15 is 0 Å². The van der Waals surface area contributed by atoms with Crippen LogP contribution in [0.2, 0.25) is 0 Å². The Morgan fingerprint density at radius 2 is 1.30 bits per heavy atom. The van der Waals surface area contributed by atoms with Crippen LogP contribution in [0.25, 0.3) is 11.1 Å². The molecule has 3 atom stereocenters. The first-order chi connectivity index (χ1) is 21.2. The van der Waals surface area contributed by atoms with Gasteiger partial charge in [0.2, 0.25) is 11.8 Å². The standard InChI is InChI=1S/C26H31F6N3O4S.C3H8S.C2H6/c1-15(2)13-21(24(37)34-16(3)23(36)33-14-25(27,28)29)35-22(26(30,31)32)19-7-5-17(6-8-19)18-9-11-20(12-10-18)40(4,38)39;1-3-4-2;1-2/h5-12,15-16,21-22,35H,13-14H2,1-4H3,(H,33,36)(H,34,37);3H2,1-2H3;1-2H3/t16?,21-,22?;;/m0../s1. The van der Waals surface area contributed by atoms with Crippen LogP contribution in [-0.4, -0.2) is 69.5 Å². The summed E-state index contributed by atoms with van der Waals surface area (Å²) in [4.78, 5) is 24.9. The quantitative estimate of drug-likeness (QED) is 0.207. The first kappa shape index (κ1) is 43.2. The second kappa shape index (κ2) is 19.8. The van der Waals surface area contributed by atoms with Gasteiger partial charge in [-0.3, -0.25) is 14.9 Å². The van der Waals surface area contributed by atoms with E-state index in [0.29, 0.717) is 11.1 Å². The number of benzene rings is 2. The van der Waals surface area contributed by atoms with Crippen molar-refractivity contribution in [2.45, 2.75) is 83.3 Å². The van der Waals surface area contributed by atoms with Crippen LogP contribution in [0.5, 0.6) is 0 Å². The summed E-state index contributed by atoms with van der Waals surface area (Å²) >= 11 is 1.86. The van der Waals surface area contributed by atoms with E-state index in [1.807, 2.05) is 25.6 Å². The van der Waals surface area contributed by atoms with E-state index in [9.17, 15) is 44.3 Å². The van der Waals surface area contributed by atoms with Crippen LogP contribution in [0, 0.1) is 5.92 Å². The Hall–Kier alpha value is -2.78. The number of amides is 2. The van der Waals surface area contributed by atoms with Crippen molar-refractivity contribution >= 4 is 33.4 Å². The van der Waals surface area contributed by atoms with E-state index in [-0.39, 0.29) is 22.8 Å². The van der Waals surface area contributed by atoms with Crippen molar-refractivity contribution in [1.82, 2.24) is 16.0 Å². The van der Waals surface area contributed by atoms with Crippen LogP contribution in [0.3, 0.4) is 0 Å². The van der Waals surface area contributed by atoms with E-state index in [1.165, 1.54) is 54.3 Å². The Morgan fingerprint density at radius 3 is 1.67 bits per heavy atom. The van der Waals surface area contributed by atoms with Crippen molar-refractivity contribution in [3.8, 4) is 11.1 Å². The number of halogens is 6. The Morgan fingerprint density at radius 1 is 0.848 bits per heavy atom. The van der Waals surface area contributed by atoms with Crippen LogP contribution in [-0.2, 0) is 19.4 Å². The molecule has 0 aromatic heterocycles. The van der Waals surface area contributed by atoms with Gasteiger partial charge in [-0.2, -0.15) is 38.1 Å². The molecule has 0 aliphatic rings. The summed E-state index contributed by atoms with van der Waals surface area (Å²) in [5.74, 6) is -1.12. The highest BCUT2D eigenvalue weighted by Gasteiger charge is 2.43. The topological polar surface area (TPSA) is 104 Å². The van der Waals surface area contributed by atoms with Crippen LogP contribution in [0.4, 0.5) is 26.3 Å². The third kappa shape index (κ3) is 16.2. The van der Waals surface area contributed by atoms with Gasteiger partial charge in [-0.25, -0.2) is 8.42 Å². The van der Waals surface area contributed by atoms with E-state index < -0.39 is 58.7 Å². The second-order valence-electron chi connectivity index (χ2n) is 10.4. The Kier molecular flexibility index (Phi) is 18.6. The lowest BCUT2D eigenvalue weighted by Gasteiger charge is -2.29. The molecule has 0 fully saturated rings. The Labute approximate surface area is 272 Å². The minimum absolute atomic E-state index is 0.0555. The largest absolute Gasteiger partial charge is 0.407 e. The van der Waals surface area contributed by atoms with E-state index in [0.717, 1.165) is 13.2 Å². The lowest BCUT2D eigenvalue weighted by molar-refractivity contribution is -0.161. The molecule has 0 heterocycles. The fourth-order valence-electron chi connectivity index (χ4n) is 3.79. The van der Waals surface area contributed by atoms with Gasteiger partial charge in [0.1, 0.15) is 18.6 Å². The fourth-order valence-corrected chi connectivity index (χ4v) is 4.42. The molecule has 0 saturated heterocycles. The molecule has 2 aromatic rings. The van der Waals surface area contributed by atoms with Crippen LogP contribution >= 0.6 is 11.8 Å². The van der Waals surface area contributed by atoms with Gasteiger partial charge in [0.15, 0.2) is 9.84 Å². The number of thioether (sulfide) groups is 1. The zero-order valence-electron chi connectivity index (χ0n) is 27.3. The highest BCUT2D eigenvalue weighted by molar-refractivity contribution is 7.98. The summed E-state index contributed by atoms with van der Waals surface area (Å²) in [6, 6.07) is 6.00. The third-order valence-corrected chi connectivity index (χ3v) is 7.79. The van der Waals surface area contributed by atoms with E-state index in [1.54, 1.807) is 19.2 Å². The normalized spacial score (nSPS) is 13.7. The van der Waals surface area contributed by atoms with Gasteiger partial charge >= 0.3 is 12.4 Å². The Bertz CT molecular complexity index is 1300. The summed E-state index contributed by atoms with van der Waals surface area (Å²) < 4.78 is 103. The van der Waals surface area contributed by atoms with E-state index in [4.69, 9.17) is 0 Å². The minimum atomic E-state index is -4.83.